The molecule has 19 heavy (non-hydrogen) atoms. The Hall–Kier alpha value is -1.07. The van der Waals surface area contributed by atoms with Crippen molar-refractivity contribution in [3.8, 4) is 0 Å². The van der Waals surface area contributed by atoms with Gasteiger partial charge >= 0.3 is 5.97 Å². The van der Waals surface area contributed by atoms with Gasteiger partial charge in [-0.3, -0.25) is 0 Å². The van der Waals surface area contributed by atoms with Crippen molar-refractivity contribution in [3.63, 3.8) is 0 Å². The first-order valence-corrected chi connectivity index (χ1v) is 7.15. The average Bonchev–Trinajstić information content (AvgIpc) is 2.76. The van der Waals surface area contributed by atoms with Crippen molar-refractivity contribution in [2.75, 3.05) is 11.9 Å². The number of carboxylic acids is 1. The number of nitrogens with one attached hydrogen (secondary N) is 1. The number of aliphatic carboxylic acids is 1. The van der Waals surface area contributed by atoms with E-state index in [0.717, 1.165) is 16.6 Å². The fourth-order valence-electron chi connectivity index (χ4n) is 2.44. The minimum absolute atomic E-state index is 0.0245. The van der Waals surface area contributed by atoms with Crippen molar-refractivity contribution in [1.82, 2.24) is 0 Å². The first-order valence-electron chi connectivity index (χ1n) is 6.36. The second-order valence-corrected chi connectivity index (χ2v) is 5.87. The summed E-state index contributed by atoms with van der Waals surface area (Å²) in [6.07, 6.45) is 0.723. The maximum atomic E-state index is 10.8. The maximum absolute atomic E-state index is 10.8. The van der Waals surface area contributed by atoms with Gasteiger partial charge in [0.25, 0.3) is 0 Å². The van der Waals surface area contributed by atoms with Crippen molar-refractivity contribution >= 4 is 27.6 Å². The molecular weight excluding hydrogens is 310 g/mol. The number of hydrogen-bond acceptors (Lipinski definition) is 3. The first kappa shape index (κ1) is 14.3. The van der Waals surface area contributed by atoms with Crippen LogP contribution in [-0.2, 0) is 9.53 Å². The van der Waals surface area contributed by atoms with Crippen LogP contribution in [0.2, 0.25) is 0 Å². The van der Waals surface area contributed by atoms with E-state index in [-0.39, 0.29) is 6.10 Å². The predicted octanol–water partition coefficient (Wildman–Crippen LogP) is 3.11. The van der Waals surface area contributed by atoms with Crippen LogP contribution >= 0.6 is 15.9 Å². The Bertz CT molecular complexity index is 467. The van der Waals surface area contributed by atoms with Gasteiger partial charge < -0.3 is 15.2 Å². The smallest absolute Gasteiger partial charge is 0.332 e. The Balaban J connectivity index is 1.95. The van der Waals surface area contributed by atoms with Gasteiger partial charge in [0.2, 0.25) is 0 Å². The van der Waals surface area contributed by atoms with Gasteiger partial charge in [0.1, 0.15) is 0 Å². The molecule has 0 radical (unpaired) electrons. The number of rotatable bonds is 4. The summed E-state index contributed by atoms with van der Waals surface area (Å²) in [5.74, 6) is -0.862. The number of anilines is 1. The number of halogens is 1. The Kier molecular flexibility index (Phi) is 4.47. The van der Waals surface area contributed by atoms with E-state index in [1.165, 1.54) is 11.1 Å². The van der Waals surface area contributed by atoms with Gasteiger partial charge in [-0.25, -0.2) is 4.79 Å². The van der Waals surface area contributed by atoms with Gasteiger partial charge in [-0.05, 0) is 49.9 Å². The van der Waals surface area contributed by atoms with E-state index in [9.17, 15) is 4.79 Å². The zero-order chi connectivity index (χ0) is 14.0. The molecular formula is C14H18BrNO3. The zero-order valence-corrected chi connectivity index (χ0v) is 12.7. The number of benzene rings is 1. The second kappa shape index (κ2) is 5.92. The molecule has 0 amide bonds. The Labute approximate surface area is 121 Å². The van der Waals surface area contributed by atoms with Gasteiger partial charge in [-0.2, -0.15) is 0 Å². The van der Waals surface area contributed by atoms with Gasteiger partial charge in [-0.15, -0.1) is 0 Å². The standard InChI is InChI=1S/C14H18BrNO3/c1-8-5-10(15)6-9(2)13(8)16-7-11-3-4-12(19-11)14(17)18/h5-6,11-12,16H,3-4,7H2,1-2H3,(H,17,18). The lowest BCUT2D eigenvalue weighted by Gasteiger charge is -2.17. The maximum Gasteiger partial charge on any atom is 0.332 e. The summed E-state index contributed by atoms with van der Waals surface area (Å²) in [4.78, 5) is 10.8. The quantitative estimate of drug-likeness (QED) is 0.892. The molecule has 1 saturated heterocycles. The minimum atomic E-state index is -0.862. The Morgan fingerprint density at radius 1 is 1.42 bits per heavy atom. The zero-order valence-electron chi connectivity index (χ0n) is 11.1. The van der Waals surface area contributed by atoms with Crippen molar-refractivity contribution in [2.45, 2.75) is 38.9 Å². The lowest BCUT2D eigenvalue weighted by Crippen LogP contribution is -2.24. The van der Waals surface area contributed by atoms with Crippen molar-refractivity contribution in [1.29, 1.82) is 0 Å². The monoisotopic (exact) mass is 327 g/mol. The van der Waals surface area contributed by atoms with Gasteiger partial charge in [-0.1, -0.05) is 15.9 Å². The fraction of sp³-hybridized carbons (Fsp3) is 0.500. The molecule has 0 saturated carbocycles. The van der Waals surface area contributed by atoms with Crippen LogP contribution in [-0.4, -0.2) is 29.8 Å². The third-order valence-electron chi connectivity index (χ3n) is 3.39. The molecule has 0 spiro atoms. The van der Waals surface area contributed by atoms with Crippen LogP contribution in [0, 0.1) is 13.8 Å². The van der Waals surface area contributed by atoms with E-state index in [2.05, 4.69) is 47.2 Å². The number of hydrogen-bond donors (Lipinski definition) is 2. The van der Waals surface area contributed by atoms with Gasteiger partial charge in [0.05, 0.1) is 6.10 Å². The van der Waals surface area contributed by atoms with Crippen molar-refractivity contribution < 1.29 is 14.6 Å². The first-order chi connectivity index (χ1) is 8.97. The lowest BCUT2D eigenvalue weighted by molar-refractivity contribution is -0.149. The molecule has 5 heteroatoms. The third-order valence-corrected chi connectivity index (χ3v) is 3.84. The van der Waals surface area contributed by atoms with Crippen LogP contribution in [0.15, 0.2) is 16.6 Å². The second-order valence-electron chi connectivity index (χ2n) is 4.96. The largest absolute Gasteiger partial charge is 0.479 e. The molecule has 1 aliphatic heterocycles. The van der Waals surface area contributed by atoms with Crippen LogP contribution in [0.1, 0.15) is 24.0 Å². The van der Waals surface area contributed by atoms with E-state index in [4.69, 9.17) is 9.84 Å². The molecule has 0 aromatic heterocycles. The van der Waals surface area contributed by atoms with E-state index >= 15 is 0 Å². The number of ether oxygens (including phenoxy) is 1. The highest BCUT2D eigenvalue weighted by Crippen LogP contribution is 2.26. The Morgan fingerprint density at radius 3 is 2.58 bits per heavy atom. The summed E-state index contributed by atoms with van der Waals surface area (Å²) < 4.78 is 6.54. The van der Waals surface area contributed by atoms with Crippen LogP contribution in [0.25, 0.3) is 0 Å². The number of carboxylic acid groups (broad SMARTS) is 1. The van der Waals surface area contributed by atoms with Crippen LogP contribution < -0.4 is 5.32 Å². The predicted molar refractivity (Wildman–Crippen MR) is 77.6 cm³/mol. The summed E-state index contributed by atoms with van der Waals surface area (Å²) in [6, 6.07) is 4.12. The average molecular weight is 328 g/mol. The summed E-state index contributed by atoms with van der Waals surface area (Å²) in [5, 5.41) is 12.3. The normalized spacial score (nSPS) is 22.5. The van der Waals surface area contributed by atoms with Crippen LogP contribution in [0.4, 0.5) is 5.69 Å². The molecule has 2 N–H and O–H groups in total. The topological polar surface area (TPSA) is 58.6 Å². The highest BCUT2D eigenvalue weighted by Gasteiger charge is 2.30. The summed E-state index contributed by atoms with van der Waals surface area (Å²) in [5.41, 5.74) is 3.44. The molecule has 1 aliphatic rings. The minimum Gasteiger partial charge on any atom is -0.479 e. The molecule has 104 valence electrons. The molecule has 0 bridgehead atoms. The summed E-state index contributed by atoms with van der Waals surface area (Å²) in [6.45, 7) is 4.75. The van der Waals surface area contributed by atoms with E-state index in [0.29, 0.717) is 13.0 Å². The van der Waals surface area contributed by atoms with E-state index in [1.807, 2.05) is 0 Å². The Morgan fingerprint density at radius 2 is 2.05 bits per heavy atom. The summed E-state index contributed by atoms with van der Waals surface area (Å²) in [7, 11) is 0. The van der Waals surface area contributed by atoms with E-state index in [1.54, 1.807) is 0 Å². The summed E-state index contributed by atoms with van der Waals surface area (Å²) >= 11 is 3.47. The molecule has 1 aromatic rings. The van der Waals surface area contributed by atoms with Crippen molar-refractivity contribution in [3.05, 3.63) is 27.7 Å². The van der Waals surface area contributed by atoms with Crippen molar-refractivity contribution in [2.24, 2.45) is 0 Å². The molecule has 0 aliphatic carbocycles. The number of carbonyl (C=O) groups is 1. The molecule has 1 fully saturated rings. The molecule has 4 nitrogen and oxygen atoms in total. The molecule has 1 heterocycles. The van der Waals surface area contributed by atoms with Crippen LogP contribution in [0.5, 0.6) is 0 Å². The molecule has 2 rings (SSSR count). The molecule has 1 aromatic carbocycles. The highest BCUT2D eigenvalue weighted by molar-refractivity contribution is 9.10. The highest BCUT2D eigenvalue weighted by atomic mass is 79.9. The lowest BCUT2D eigenvalue weighted by atomic mass is 10.1. The third kappa shape index (κ3) is 3.48. The van der Waals surface area contributed by atoms with E-state index < -0.39 is 12.1 Å². The molecule has 2 atom stereocenters. The van der Waals surface area contributed by atoms with Gasteiger partial charge in [0, 0.05) is 16.7 Å². The molecule has 2 unspecified atom stereocenters. The SMILES string of the molecule is Cc1cc(Br)cc(C)c1NCC1CCC(C(=O)O)O1. The number of aryl methyl sites for hydroxylation is 2. The van der Waals surface area contributed by atoms with Crippen LogP contribution in [0.3, 0.4) is 0 Å². The fourth-order valence-corrected chi connectivity index (χ4v) is 3.13. The van der Waals surface area contributed by atoms with Gasteiger partial charge in [0.15, 0.2) is 6.10 Å².